The highest BCUT2D eigenvalue weighted by atomic mass is 35.5. The first kappa shape index (κ1) is 34.7. The van der Waals surface area contributed by atoms with Gasteiger partial charge in [-0.3, -0.25) is 14.4 Å². The fourth-order valence-corrected chi connectivity index (χ4v) is 7.06. The lowest BCUT2D eigenvalue weighted by Crippen LogP contribution is -2.54. The van der Waals surface area contributed by atoms with Gasteiger partial charge in [0.05, 0.1) is 28.5 Å². The highest BCUT2D eigenvalue weighted by Crippen LogP contribution is 2.49. The molecule has 0 saturated carbocycles. The molecule has 4 aliphatic rings. The van der Waals surface area contributed by atoms with Gasteiger partial charge in [-0.1, -0.05) is 29.3 Å². The summed E-state index contributed by atoms with van der Waals surface area (Å²) in [6, 6.07) is 6.48. The summed E-state index contributed by atoms with van der Waals surface area (Å²) in [6.45, 7) is 3.91. The number of halogens is 2. The molecule has 0 aromatic heterocycles. The molecule has 2 aromatic carbocycles. The highest BCUT2D eigenvalue weighted by Gasteiger charge is 2.48. The number of amides is 3. The molecule has 2 fully saturated rings. The molecule has 0 aliphatic carbocycles. The fourth-order valence-electron chi connectivity index (χ4n) is 6.76. The molecule has 3 N–H and O–H groups in total. The maximum Gasteiger partial charge on any atom is 0.345 e. The number of phenols is 1. The maximum atomic E-state index is 14.1. The Bertz CT molecular complexity index is 1700. The van der Waals surface area contributed by atoms with Crippen molar-refractivity contribution < 1.29 is 48.4 Å². The van der Waals surface area contributed by atoms with Crippen LogP contribution in [0.2, 0.25) is 10.0 Å². The number of rotatable bonds is 8. The van der Waals surface area contributed by atoms with E-state index in [2.05, 4.69) is 10.2 Å². The molecule has 2 unspecified atom stereocenters. The van der Waals surface area contributed by atoms with Crippen LogP contribution in [0.5, 0.6) is 23.0 Å². The summed E-state index contributed by atoms with van der Waals surface area (Å²) in [5, 5.41) is 25.2. The SMILES string of the molecule is CN(CC(CCN1CCC(N2CCCNC2=O)CC1)c1ccc(Cl)c(Cl)c1)C(=O)c1cc2c(O)c3c1OC(=O)CC(O)(CC(=O)O2)C(=O)O3. The number of ether oxygens (including phenoxy) is 3. The van der Waals surface area contributed by atoms with Crippen LogP contribution in [0.1, 0.15) is 60.4 Å². The van der Waals surface area contributed by atoms with E-state index in [1.165, 1.54) is 11.9 Å². The summed E-state index contributed by atoms with van der Waals surface area (Å²) in [4.78, 5) is 70.3. The van der Waals surface area contributed by atoms with Crippen LogP contribution < -0.4 is 19.5 Å². The van der Waals surface area contributed by atoms with Crippen LogP contribution >= 0.6 is 23.2 Å². The molecular weight excluding hydrogens is 683 g/mol. The molecule has 4 heterocycles. The van der Waals surface area contributed by atoms with E-state index in [0.29, 0.717) is 29.6 Å². The second-order valence-corrected chi connectivity index (χ2v) is 13.7. The Kier molecular flexibility index (Phi) is 9.94. The molecule has 16 heteroatoms. The molecule has 3 bridgehead atoms. The minimum atomic E-state index is -2.60. The van der Waals surface area contributed by atoms with Crippen LogP contribution in [0.15, 0.2) is 24.3 Å². The van der Waals surface area contributed by atoms with E-state index in [9.17, 15) is 34.2 Å². The Hall–Kier alpha value is -4.11. The number of likely N-dealkylation sites (tertiary alicyclic amines) is 1. The van der Waals surface area contributed by atoms with Gasteiger partial charge in [0, 0.05) is 57.8 Å². The summed E-state index contributed by atoms with van der Waals surface area (Å²) < 4.78 is 15.8. The molecule has 0 radical (unpaired) electrons. The lowest BCUT2D eigenvalue weighted by Gasteiger charge is -2.40. The van der Waals surface area contributed by atoms with Crippen LogP contribution in [0.25, 0.3) is 0 Å². The number of nitrogens with one attached hydrogen (secondary N) is 1. The van der Waals surface area contributed by atoms with Gasteiger partial charge in [-0.2, -0.15) is 0 Å². The van der Waals surface area contributed by atoms with Gasteiger partial charge in [-0.05, 0) is 49.9 Å². The maximum absolute atomic E-state index is 14.1. The van der Waals surface area contributed by atoms with E-state index in [-0.39, 0.29) is 30.1 Å². The average molecular weight is 720 g/mol. The number of urea groups is 1. The number of piperidine rings is 1. The van der Waals surface area contributed by atoms with Crippen molar-refractivity contribution in [3.63, 3.8) is 0 Å². The van der Waals surface area contributed by atoms with Gasteiger partial charge >= 0.3 is 23.9 Å². The summed E-state index contributed by atoms with van der Waals surface area (Å²) in [5.41, 5.74) is -2.09. The molecule has 2 saturated heterocycles. The highest BCUT2D eigenvalue weighted by molar-refractivity contribution is 6.42. The van der Waals surface area contributed by atoms with Gasteiger partial charge in [-0.25, -0.2) is 9.59 Å². The summed E-state index contributed by atoms with van der Waals surface area (Å²) in [5.74, 6) is -7.24. The number of phenolic OH excluding ortho intramolecular Hbond substituents is 1. The van der Waals surface area contributed by atoms with E-state index in [0.717, 1.165) is 50.5 Å². The van der Waals surface area contributed by atoms with E-state index >= 15 is 0 Å². The summed E-state index contributed by atoms with van der Waals surface area (Å²) in [6.07, 6.45) is 1.35. The molecule has 4 aliphatic heterocycles. The number of carbonyl (C=O) groups is 5. The fraction of sp³-hybridized carbons (Fsp3) is 0.485. The second-order valence-electron chi connectivity index (χ2n) is 12.8. The van der Waals surface area contributed by atoms with Gasteiger partial charge < -0.3 is 44.4 Å². The Balaban J connectivity index is 1.23. The van der Waals surface area contributed by atoms with Crippen molar-refractivity contribution in [2.24, 2.45) is 0 Å². The number of likely N-dealkylation sites (N-methyl/N-ethyl adjacent to an activating group) is 1. The minimum absolute atomic E-state index is 0.00870. The molecule has 49 heavy (non-hydrogen) atoms. The van der Waals surface area contributed by atoms with Gasteiger partial charge in [-0.15, -0.1) is 0 Å². The molecule has 2 atom stereocenters. The van der Waals surface area contributed by atoms with Gasteiger partial charge in [0.2, 0.25) is 11.5 Å². The predicted molar refractivity (Wildman–Crippen MR) is 174 cm³/mol. The molecule has 0 spiro atoms. The van der Waals surface area contributed by atoms with Crippen LogP contribution in [0.4, 0.5) is 4.79 Å². The molecular formula is C33H36Cl2N4O10. The molecule has 3 amide bonds. The van der Waals surface area contributed by atoms with Crippen molar-refractivity contribution in [1.82, 2.24) is 20.0 Å². The third-order valence-electron chi connectivity index (χ3n) is 9.45. The Morgan fingerprint density at radius 2 is 1.73 bits per heavy atom. The number of nitrogens with zero attached hydrogens (tertiary/aromatic N) is 3. The van der Waals surface area contributed by atoms with Gasteiger partial charge in [0.15, 0.2) is 17.1 Å². The largest absolute Gasteiger partial charge is 0.502 e. The zero-order valence-electron chi connectivity index (χ0n) is 26.7. The van der Waals surface area contributed by atoms with Crippen molar-refractivity contribution in [2.45, 2.75) is 56.1 Å². The Labute approximate surface area is 291 Å². The van der Waals surface area contributed by atoms with Crippen molar-refractivity contribution in [1.29, 1.82) is 0 Å². The van der Waals surface area contributed by atoms with Crippen molar-refractivity contribution in [2.75, 3.05) is 46.3 Å². The Morgan fingerprint density at radius 1 is 1.02 bits per heavy atom. The third-order valence-corrected chi connectivity index (χ3v) is 10.2. The molecule has 6 rings (SSSR count). The van der Waals surface area contributed by atoms with Crippen LogP contribution in [-0.4, -0.2) is 113 Å². The van der Waals surface area contributed by atoms with Crippen LogP contribution in [-0.2, 0) is 14.4 Å². The first-order valence-corrected chi connectivity index (χ1v) is 16.8. The standard InChI is InChI=1S/C33H36Cl2N4O10/c1-37(30(43)21-14-24-27(42)29-28(21)48-26(41)16-33(46,31(44)49-29)15-25(40)47-24)17-19(18-3-4-22(34)23(35)13-18)5-10-38-11-6-20(7-12-38)39-9-2-8-36-32(39)45/h3-4,13-14,19-20,42,46H,2,5-12,15-17H2,1H3,(H,36,45). The van der Waals surface area contributed by atoms with E-state index in [1.807, 2.05) is 11.0 Å². The first-order chi connectivity index (χ1) is 23.3. The summed E-state index contributed by atoms with van der Waals surface area (Å²) in [7, 11) is 1.53. The number of benzene rings is 2. The number of aromatic hydroxyl groups is 1. The zero-order valence-corrected chi connectivity index (χ0v) is 28.2. The van der Waals surface area contributed by atoms with Crippen LogP contribution in [0.3, 0.4) is 0 Å². The number of fused-ring (bicyclic) bond motifs is 3. The Morgan fingerprint density at radius 3 is 2.43 bits per heavy atom. The monoisotopic (exact) mass is 718 g/mol. The minimum Gasteiger partial charge on any atom is -0.502 e. The predicted octanol–water partition coefficient (Wildman–Crippen LogP) is 3.08. The van der Waals surface area contributed by atoms with Crippen molar-refractivity contribution >= 4 is 53.0 Å². The average Bonchev–Trinajstić information content (AvgIpc) is 3.07. The van der Waals surface area contributed by atoms with Gasteiger partial charge in [0.25, 0.3) is 5.91 Å². The van der Waals surface area contributed by atoms with E-state index in [4.69, 9.17) is 37.4 Å². The van der Waals surface area contributed by atoms with Gasteiger partial charge in [0.1, 0.15) is 0 Å². The quantitative estimate of drug-likeness (QED) is 0.270. The molecule has 262 valence electrons. The third kappa shape index (κ3) is 7.28. The lowest BCUT2D eigenvalue weighted by atomic mass is 9.93. The second kappa shape index (κ2) is 14.0. The number of aliphatic hydroxyl groups is 1. The van der Waals surface area contributed by atoms with Crippen LogP contribution in [0, 0.1) is 0 Å². The first-order valence-electron chi connectivity index (χ1n) is 16.1. The van der Waals surface area contributed by atoms with E-state index < -0.39 is 65.3 Å². The number of carbonyl (C=O) groups excluding carboxylic acids is 5. The van der Waals surface area contributed by atoms with Crippen molar-refractivity contribution in [3.8, 4) is 23.0 Å². The normalized spacial score (nSPS) is 22.2. The summed E-state index contributed by atoms with van der Waals surface area (Å²) >= 11 is 12.6. The number of esters is 3. The lowest BCUT2D eigenvalue weighted by molar-refractivity contribution is -0.168. The number of hydrogen-bond donors (Lipinski definition) is 3. The molecule has 2 aromatic rings. The zero-order chi connectivity index (χ0) is 35.0. The van der Waals surface area contributed by atoms with Crippen molar-refractivity contribution in [3.05, 3.63) is 45.4 Å². The smallest absolute Gasteiger partial charge is 0.345 e. The van der Waals surface area contributed by atoms with E-state index in [1.54, 1.807) is 12.1 Å². The molecule has 14 nitrogen and oxygen atoms in total. The topological polar surface area (TPSA) is 175 Å². The number of hydrogen-bond acceptors (Lipinski definition) is 11.